The molecule has 6 atom stereocenters. The van der Waals surface area contributed by atoms with Crippen LogP contribution in [-0.4, -0.2) is 41.8 Å². The van der Waals surface area contributed by atoms with Crippen LogP contribution in [0.2, 0.25) is 0 Å². The summed E-state index contributed by atoms with van der Waals surface area (Å²) in [5.41, 5.74) is 1.54. The maximum Gasteiger partial charge on any atom is 0.302 e. The summed E-state index contributed by atoms with van der Waals surface area (Å²) >= 11 is 0. The molecule has 152 valence electrons. The maximum atomic E-state index is 11.8. The first-order chi connectivity index (χ1) is 12.7. The van der Waals surface area contributed by atoms with Crippen molar-refractivity contribution in [1.82, 2.24) is 0 Å². The van der Waals surface area contributed by atoms with Crippen LogP contribution in [-0.2, 0) is 19.1 Å². The normalized spacial score (nSPS) is 36.0. The Morgan fingerprint density at radius 1 is 1.44 bits per heavy atom. The van der Waals surface area contributed by atoms with Crippen LogP contribution >= 0.6 is 0 Å². The van der Waals surface area contributed by atoms with Gasteiger partial charge in [0.25, 0.3) is 0 Å². The number of aldehydes is 1. The van der Waals surface area contributed by atoms with Crippen molar-refractivity contribution < 1.29 is 24.2 Å². The van der Waals surface area contributed by atoms with Crippen molar-refractivity contribution in [2.24, 2.45) is 17.8 Å². The second-order valence-corrected chi connectivity index (χ2v) is 8.57. The topological polar surface area (TPSA) is 76.1 Å². The van der Waals surface area contributed by atoms with Crippen LogP contribution in [0.3, 0.4) is 0 Å². The molecule has 0 aromatic carbocycles. The lowest BCUT2D eigenvalue weighted by molar-refractivity contribution is -0.143. The predicted molar refractivity (Wildman–Crippen MR) is 104 cm³/mol. The molecule has 5 heteroatoms. The molecule has 27 heavy (non-hydrogen) atoms. The fourth-order valence-corrected chi connectivity index (χ4v) is 4.36. The highest BCUT2D eigenvalue weighted by Gasteiger charge is 2.54. The first-order valence-electron chi connectivity index (χ1n) is 9.95. The SMILES string of the molecule is CC(=O)OCC1/C(C=O)=C\C[C@@H]2OC2(C)C[C@@H](O)[C@H]1[C@H](C)CCC=C(C)C. The number of carbonyl (C=O) groups excluding carboxylic acids is 2. The molecule has 0 aromatic rings. The van der Waals surface area contributed by atoms with E-state index in [0.717, 1.165) is 19.1 Å². The average molecular weight is 379 g/mol. The molecule has 1 heterocycles. The highest BCUT2D eigenvalue weighted by Crippen LogP contribution is 2.47. The van der Waals surface area contributed by atoms with Gasteiger partial charge in [-0.3, -0.25) is 9.59 Å². The first kappa shape index (κ1) is 21.8. The Morgan fingerprint density at radius 2 is 2.15 bits per heavy atom. The van der Waals surface area contributed by atoms with Gasteiger partial charge in [-0.15, -0.1) is 0 Å². The molecular weight excluding hydrogens is 344 g/mol. The molecule has 5 nitrogen and oxygen atoms in total. The monoisotopic (exact) mass is 378 g/mol. The standard InChI is InChI=1S/C22H34O5/c1-14(2)7-6-8-15(3)21-18(13-26-16(4)24)17(12-23)9-10-20-22(5,27-20)11-19(21)25/h7,9,12,15,18-21,25H,6,8,10-11,13H2,1-5H3/b17-9-/t15-,18?,19-,20+,21+,22?/m1/s1. The lowest BCUT2D eigenvalue weighted by Gasteiger charge is -2.36. The molecule has 0 saturated carbocycles. The Bertz CT molecular complexity index is 604. The minimum absolute atomic E-state index is 0.0382. The number of allylic oxidation sites excluding steroid dienone is 2. The summed E-state index contributed by atoms with van der Waals surface area (Å²) in [5.74, 6) is -0.683. The minimum atomic E-state index is -0.622. The molecule has 0 amide bonds. The number of hydrogen-bond acceptors (Lipinski definition) is 5. The van der Waals surface area contributed by atoms with Crippen LogP contribution in [0.1, 0.15) is 60.3 Å². The van der Waals surface area contributed by atoms with Gasteiger partial charge < -0.3 is 14.6 Å². The van der Waals surface area contributed by atoms with Crippen LogP contribution in [0, 0.1) is 17.8 Å². The van der Waals surface area contributed by atoms with Gasteiger partial charge in [-0.2, -0.15) is 0 Å². The molecule has 1 N–H and O–H groups in total. The Morgan fingerprint density at radius 3 is 2.74 bits per heavy atom. The van der Waals surface area contributed by atoms with Gasteiger partial charge in [-0.1, -0.05) is 24.6 Å². The number of aliphatic hydroxyl groups excluding tert-OH is 1. The first-order valence-corrected chi connectivity index (χ1v) is 9.95. The predicted octanol–water partition coefficient (Wildman–Crippen LogP) is 3.60. The molecule has 2 rings (SSSR count). The molecule has 0 aromatic heterocycles. The third-order valence-electron chi connectivity index (χ3n) is 5.99. The summed E-state index contributed by atoms with van der Waals surface area (Å²) in [5, 5.41) is 11.1. The van der Waals surface area contributed by atoms with Crippen molar-refractivity contribution in [2.45, 2.75) is 78.1 Å². The van der Waals surface area contributed by atoms with Gasteiger partial charge in [0.2, 0.25) is 0 Å². The Labute approximate surface area is 162 Å². The molecule has 1 saturated heterocycles. The van der Waals surface area contributed by atoms with E-state index in [1.807, 2.05) is 13.0 Å². The van der Waals surface area contributed by atoms with Gasteiger partial charge in [-0.05, 0) is 57.4 Å². The average Bonchev–Trinajstić information content (AvgIpc) is 3.20. The van der Waals surface area contributed by atoms with Crippen LogP contribution in [0.25, 0.3) is 0 Å². The van der Waals surface area contributed by atoms with E-state index in [2.05, 4.69) is 26.8 Å². The molecule has 0 radical (unpaired) electrons. The molecule has 1 fully saturated rings. The van der Waals surface area contributed by atoms with Gasteiger partial charge in [0, 0.05) is 19.3 Å². The fourth-order valence-electron chi connectivity index (χ4n) is 4.36. The quantitative estimate of drug-likeness (QED) is 0.317. The van der Waals surface area contributed by atoms with Crippen LogP contribution in [0.15, 0.2) is 23.3 Å². The number of rotatable bonds is 7. The second-order valence-electron chi connectivity index (χ2n) is 8.57. The van der Waals surface area contributed by atoms with E-state index in [1.54, 1.807) is 0 Å². The molecule has 2 unspecified atom stereocenters. The van der Waals surface area contributed by atoms with Gasteiger partial charge in [0.15, 0.2) is 0 Å². The van der Waals surface area contributed by atoms with E-state index in [0.29, 0.717) is 18.4 Å². The number of carbonyl (C=O) groups is 2. The molecule has 2 aliphatic rings. The van der Waals surface area contributed by atoms with Crippen LogP contribution in [0.5, 0.6) is 0 Å². The molecule has 0 spiro atoms. The molecule has 1 aliphatic carbocycles. The summed E-state index contributed by atoms with van der Waals surface area (Å²) in [7, 11) is 0. The largest absolute Gasteiger partial charge is 0.465 e. The van der Waals surface area contributed by atoms with E-state index in [9.17, 15) is 14.7 Å². The maximum absolute atomic E-state index is 11.8. The fraction of sp³-hybridized carbons (Fsp3) is 0.727. The zero-order valence-electron chi connectivity index (χ0n) is 17.2. The van der Waals surface area contributed by atoms with Crippen molar-refractivity contribution in [1.29, 1.82) is 0 Å². The third kappa shape index (κ3) is 5.76. The van der Waals surface area contributed by atoms with Crippen molar-refractivity contribution in [3.8, 4) is 0 Å². The summed E-state index contributed by atoms with van der Waals surface area (Å²) < 4.78 is 11.1. The minimum Gasteiger partial charge on any atom is -0.465 e. The second kappa shape index (κ2) is 9.16. The third-order valence-corrected chi connectivity index (χ3v) is 5.99. The molecular formula is C22H34O5. The lowest BCUT2D eigenvalue weighted by Crippen LogP contribution is -2.39. The van der Waals surface area contributed by atoms with Crippen molar-refractivity contribution >= 4 is 12.3 Å². The van der Waals surface area contributed by atoms with E-state index < -0.39 is 6.10 Å². The smallest absolute Gasteiger partial charge is 0.302 e. The van der Waals surface area contributed by atoms with Gasteiger partial charge in [0.1, 0.15) is 6.29 Å². The van der Waals surface area contributed by atoms with Crippen molar-refractivity contribution in [2.75, 3.05) is 6.61 Å². The molecule has 0 bridgehead atoms. The van der Waals surface area contributed by atoms with Gasteiger partial charge in [0.05, 0.1) is 24.4 Å². The van der Waals surface area contributed by atoms with Gasteiger partial charge in [-0.25, -0.2) is 0 Å². The zero-order chi connectivity index (χ0) is 20.2. The number of epoxide rings is 1. The van der Waals surface area contributed by atoms with Crippen molar-refractivity contribution in [3.05, 3.63) is 23.3 Å². The Kier molecular flexibility index (Phi) is 7.40. The lowest BCUT2D eigenvalue weighted by atomic mass is 9.72. The number of hydrogen-bond donors (Lipinski definition) is 1. The number of esters is 1. The Hall–Kier alpha value is -1.46. The Balaban J connectivity index is 2.30. The highest BCUT2D eigenvalue weighted by atomic mass is 16.6. The van der Waals surface area contributed by atoms with Crippen LogP contribution < -0.4 is 0 Å². The number of aliphatic hydroxyl groups is 1. The number of fused-ring (bicyclic) bond motifs is 1. The van der Waals surface area contributed by atoms with E-state index in [-0.39, 0.29) is 42.0 Å². The number of ether oxygens (including phenoxy) is 2. The van der Waals surface area contributed by atoms with E-state index >= 15 is 0 Å². The summed E-state index contributed by atoms with van der Waals surface area (Å²) in [4.78, 5) is 23.2. The van der Waals surface area contributed by atoms with Crippen LogP contribution in [0.4, 0.5) is 0 Å². The van der Waals surface area contributed by atoms with E-state index in [1.165, 1.54) is 12.5 Å². The van der Waals surface area contributed by atoms with Crippen molar-refractivity contribution in [3.63, 3.8) is 0 Å². The van der Waals surface area contributed by atoms with Gasteiger partial charge >= 0.3 is 5.97 Å². The zero-order valence-corrected chi connectivity index (χ0v) is 17.2. The summed E-state index contributed by atoms with van der Waals surface area (Å²) in [6, 6.07) is 0. The highest BCUT2D eigenvalue weighted by molar-refractivity contribution is 5.74. The summed E-state index contributed by atoms with van der Waals surface area (Å²) in [6.45, 7) is 9.77. The summed E-state index contributed by atoms with van der Waals surface area (Å²) in [6.07, 6.45) is 7.36. The van der Waals surface area contributed by atoms with E-state index in [4.69, 9.17) is 9.47 Å². The molecule has 1 aliphatic heterocycles.